The lowest BCUT2D eigenvalue weighted by Gasteiger charge is -2.34. The first-order valence-electron chi connectivity index (χ1n) is 5.13. The summed E-state index contributed by atoms with van der Waals surface area (Å²) in [6.07, 6.45) is 1.20. The van der Waals surface area contributed by atoms with E-state index in [1.54, 1.807) is 6.08 Å². The van der Waals surface area contributed by atoms with Crippen LogP contribution in [0.15, 0.2) is 36.9 Å². The Morgan fingerprint density at radius 3 is 3.06 bits per heavy atom. The van der Waals surface area contributed by atoms with Crippen LogP contribution in [0.1, 0.15) is 0 Å². The van der Waals surface area contributed by atoms with Gasteiger partial charge in [-0.15, -0.1) is 6.58 Å². The van der Waals surface area contributed by atoms with Crippen LogP contribution in [0.5, 0.6) is 5.75 Å². The molecule has 1 amide bonds. The summed E-state index contributed by atoms with van der Waals surface area (Å²) in [7, 11) is 0. The summed E-state index contributed by atoms with van der Waals surface area (Å²) in [6, 6.07) is 7.59. The number of nitrogens with zero attached hydrogens (tertiary/aromatic N) is 1. The molecule has 4 nitrogen and oxygen atoms in total. The van der Waals surface area contributed by atoms with Crippen LogP contribution in [0.3, 0.4) is 0 Å². The van der Waals surface area contributed by atoms with Crippen LogP contribution < -0.4 is 15.4 Å². The van der Waals surface area contributed by atoms with E-state index >= 15 is 0 Å². The van der Waals surface area contributed by atoms with Crippen molar-refractivity contribution in [2.45, 2.75) is 6.10 Å². The van der Waals surface area contributed by atoms with Gasteiger partial charge in [0.05, 0.1) is 12.2 Å². The Kier molecular flexibility index (Phi) is 2.81. The number of primary amides is 1. The summed E-state index contributed by atoms with van der Waals surface area (Å²) in [6.45, 7) is 4.84. The lowest BCUT2D eigenvalue weighted by atomic mass is 10.2. The maximum atomic E-state index is 11.2. The van der Waals surface area contributed by atoms with Gasteiger partial charge in [0.2, 0.25) is 0 Å². The lowest BCUT2D eigenvalue weighted by Crippen LogP contribution is -2.47. The summed E-state index contributed by atoms with van der Waals surface area (Å²) < 4.78 is 5.52. The molecular formula is C12H14N2O2. The van der Waals surface area contributed by atoms with Crippen molar-refractivity contribution in [3.05, 3.63) is 36.9 Å². The van der Waals surface area contributed by atoms with E-state index in [9.17, 15) is 4.79 Å². The fourth-order valence-electron chi connectivity index (χ4n) is 1.78. The first-order valence-corrected chi connectivity index (χ1v) is 5.13. The van der Waals surface area contributed by atoms with Gasteiger partial charge in [-0.1, -0.05) is 18.2 Å². The molecule has 2 rings (SSSR count). The topological polar surface area (TPSA) is 55.6 Å². The second-order valence-corrected chi connectivity index (χ2v) is 3.67. The predicted molar refractivity (Wildman–Crippen MR) is 62.5 cm³/mol. The van der Waals surface area contributed by atoms with E-state index in [1.807, 2.05) is 29.2 Å². The average Bonchev–Trinajstić information content (AvgIpc) is 2.29. The van der Waals surface area contributed by atoms with Crippen LogP contribution in [0.25, 0.3) is 0 Å². The van der Waals surface area contributed by atoms with Crippen LogP contribution in [0.2, 0.25) is 0 Å². The summed E-state index contributed by atoms with van der Waals surface area (Å²) in [4.78, 5) is 13.2. The number of carbonyl (C=O) groups is 1. The minimum atomic E-state index is -0.588. The van der Waals surface area contributed by atoms with E-state index in [0.29, 0.717) is 18.8 Å². The maximum absolute atomic E-state index is 11.2. The molecule has 2 N–H and O–H groups in total. The Hall–Kier alpha value is -1.97. The third kappa shape index (κ3) is 1.86. The molecule has 1 unspecified atom stereocenters. The molecule has 0 bridgehead atoms. The van der Waals surface area contributed by atoms with Crippen molar-refractivity contribution in [1.29, 1.82) is 0 Å². The lowest BCUT2D eigenvalue weighted by molar-refractivity contribution is -0.124. The Balaban J connectivity index is 2.33. The van der Waals surface area contributed by atoms with Crippen molar-refractivity contribution >= 4 is 11.6 Å². The Morgan fingerprint density at radius 2 is 2.38 bits per heavy atom. The fraction of sp³-hybridized carbons (Fsp3) is 0.250. The first-order chi connectivity index (χ1) is 7.72. The van der Waals surface area contributed by atoms with Gasteiger partial charge in [-0.2, -0.15) is 0 Å². The van der Waals surface area contributed by atoms with Gasteiger partial charge in [-0.05, 0) is 12.1 Å². The van der Waals surface area contributed by atoms with E-state index in [0.717, 1.165) is 5.69 Å². The average molecular weight is 218 g/mol. The largest absolute Gasteiger partial charge is 0.477 e. The number of ether oxygens (including phenoxy) is 1. The molecular weight excluding hydrogens is 204 g/mol. The minimum absolute atomic E-state index is 0.441. The van der Waals surface area contributed by atoms with Crippen molar-refractivity contribution in [2.75, 3.05) is 18.0 Å². The molecule has 0 aromatic heterocycles. The minimum Gasteiger partial charge on any atom is -0.477 e. The van der Waals surface area contributed by atoms with Gasteiger partial charge in [0, 0.05) is 6.54 Å². The molecule has 1 aliphatic rings. The SMILES string of the molecule is C=CCN1CC(C(N)=O)Oc2ccccc21. The third-order valence-electron chi connectivity index (χ3n) is 2.53. The van der Waals surface area contributed by atoms with Crippen molar-refractivity contribution in [1.82, 2.24) is 0 Å². The molecule has 0 saturated carbocycles. The molecule has 84 valence electrons. The number of hydrogen-bond acceptors (Lipinski definition) is 3. The van der Waals surface area contributed by atoms with E-state index in [1.165, 1.54) is 0 Å². The molecule has 16 heavy (non-hydrogen) atoms. The van der Waals surface area contributed by atoms with Gasteiger partial charge < -0.3 is 15.4 Å². The number of rotatable bonds is 3. The van der Waals surface area contributed by atoms with E-state index in [-0.39, 0.29) is 0 Å². The van der Waals surface area contributed by atoms with Crippen LogP contribution in [0.4, 0.5) is 5.69 Å². The normalized spacial score (nSPS) is 18.5. The highest BCUT2D eigenvalue weighted by Crippen LogP contribution is 2.32. The number of anilines is 1. The zero-order valence-electron chi connectivity index (χ0n) is 8.93. The number of benzene rings is 1. The molecule has 4 heteroatoms. The summed E-state index contributed by atoms with van der Waals surface area (Å²) >= 11 is 0. The van der Waals surface area contributed by atoms with E-state index < -0.39 is 12.0 Å². The van der Waals surface area contributed by atoms with Crippen molar-refractivity contribution in [3.63, 3.8) is 0 Å². The summed E-state index contributed by atoms with van der Waals surface area (Å²) in [5.74, 6) is 0.253. The van der Waals surface area contributed by atoms with Crippen LogP contribution in [0, 0.1) is 0 Å². The fourth-order valence-corrected chi connectivity index (χ4v) is 1.78. The number of hydrogen-bond donors (Lipinski definition) is 1. The number of amides is 1. The molecule has 1 aromatic carbocycles. The van der Waals surface area contributed by atoms with Gasteiger partial charge in [0.25, 0.3) is 5.91 Å². The van der Waals surface area contributed by atoms with Gasteiger partial charge in [0.1, 0.15) is 5.75 Å². The standard InChI is InChI=1S/C12H14N2O2/c1-2-7-14-8-11(12(13)15)16-10-6-4-3-5-9(10)14/h2-6,11H,1,7-8H2,(H2,13,15). The molecule has 1 aliphatic heterocycles. The van der Waals surface area contributed by atoms with Crippen LogP contribution in [-0.4, -0.2) is 25.1 Å². The number of carbonyl (C=O) groups excluding carboxylic acids is 1. The number of nitrogens with two attached hydrogens (primary N) is 1. The zero-order valence-corrected chi connectivity index (χ0v) is 8.93. The molecule has 0 spiro atoms. The highest BCUT2D eigenvalue weighted by Gasteiger charge is 2.28. The molecule has 0 fully saturated rings. The number of fused-ring (bicyclic) bond motifs is 1. The quantitative estimate of drug-likeness (QED) is 0.768. The zero-order chi connectivity index (χ0) is 11.5. The smallest absolute Gasteiger partial charge is 0.260 e. The Bertz CT molecular complexity index is 417. The number of para-hydroxylation sites is 2. The molecule has 0 saturated heterocycles. The van der Waals surface area contributed by atoms with Gasteiger partial charge in [0.15, 0.2) is 6.10 Å². The van der Waals surface area contributed by atoms with Gasteiger partial charge in [-0.25, -0.2) is 0 Å². The second-order valence-electron chi connectivity index (χ2n) is 3.67. The van der Waals surface area contributed by atoms with E-state index in [2.05, 4.69) is 6.58 Å². The Labute approximate surface area is 94.3 Å². The van der Waals surface area contributed by atoms with Crippen molar-refractivity contribution < 1.29 is 9.53 Å². The monoisotopic (exact) mass is 218 g/mol. The summed E-state index contributed by atoms with van der Waals surface area (Å²) in [5, 5.41) is 0. The van der Waals surface area contributed by atoms with Gasteiger partial charge in [-0.3, -0.25) is 4.79 Å². The van der Waals surface area contributed by atoms with Crippen LogP contribution >= 0.6 is 0 Å². The molecule has 1 heterocycles. The molecule has 1 atom stereocenters. The molecule has 1 aromatic rings. The maximum Gasteiger partial charge on any atom is 0.260 e. The molecule has 0 aliphatic carbocycles. The van der Waals surface area contributed by atoms with Gasteiger partial charge >= 0.3 is 0 Å². The Morgan fingerprint density at radius 1 is 1.62 bits per heavy atom. The van der Waals surface area contributed by atoms with Crippen LogP contribution in [-0.2, 0) is 4.79 Å². The highest BCUT2D eigenvalue weighted by molar-refractivity contribution is 5.81. The summed E-state index contributed by atoms with van der Waals surface area (Å²) in [5.41, 5.74) is 6.24. The first kappa shape index (κ1) is 10.5. The highest BCUT2D eigenvalue weighted by atomic mass is 16.5. The van der Waals surface area contributed by atoms with Crippen molar-refractivity contribution in [3.8, 4) is 5.75 Å². The molecule has 0 radical (unpaired) electrons. The van der Waals surface area contributed by atoms with Crippen molar-refractivity contribution in [2.24, 2.45) is 5.73 Å². The third-order valence-corrected chi connectivity index (χ3v) is 2.53. The van der Waals surface area contributed by atoms with E-state index in [4.69, 9.17) is 10.5 Å². The second kappa shape index (κ2) is 4.26. The predicted octanol–water partition coefficient (Wildman–Crippen LogP) is 0.925.